The molecule has 6 aliphatic rings. The van der Waals surface area contributed by atoms with Crippen LogP contribution in [-0.2, 0) is 35.9 Å². The van der Waals surface area contributed by atoms with Gasteiger partial charge in [0, 0.05) is 111 Å². The van der Waals surface area contributed by atoms with Crippen LogP contribution in [0.3, 0.4) is 0 Å². The van der Waals surface area contributed by atoms with E-state index >= 15 is 0 Å². The van der Waals surface area contributed by atoms with Crippen molar-refractivity contribution in [2.45, 2.75) is 116 Å². The molecule has 486 valence electrons. The first-order valence-electron chi connectivity index (χ1n) is 31.3. The number of rotatable bonds is 20. The number of pyridine rings is 1. The number of allylic oxidation sites excluding steroid dienone is 1. The molecule has 4 aromatic carbocycles. The summed E-state index contributed by atoms with van der Waals surface area (Å²) in [7, 11) is -11.0. The summed E-state index contributed by atoms with van der Waals surface area (Å²) in [5, 5.41) is 8.73. The Hall–Kier alpha value is -6.54. The third kappa shape index (κ3) is 16.1. The Balaban J connectivity index is 0.701. The molecule has 5 aromatic rings. The Bertz CT molecular complexity index is 3770. The molecule has 4 fully saturated rings. The molecule has 1 aliphatic carbocycles. The number of carbonyl (C=O) groups excluding carboxylic acids is 4. The average Bonchev–Trinajstić information content (AvgIpc) is 0.815. The number of aryl methyl sites for hydroxylation is 1. The molecule has 91 heavy (non-hydrogen) atoms. The molecule has 4 amide bonds. The fraction of sp³-hybridized carbons (Fsp3) is 0.470. The molecule has 3 atom stereocenters. The van der Waals surface area contributed by atoms with Crippen molar-refractivity contribution in [3.63, 3.8) is 0 Å². The molecule has 5 aliphatic heterocycles. The lowest BCUT2D eigenvalue weighted by atomic mass is 9.72. The van der Waals surface area contributed by atoms with Crippen LogP contribution >= 0.6 is 23.4 Å². The highest BCUT2D eigenvalue weighted by atomic mass is 35.5. The van der Waals surface area contributed by atoms with Gasteiger partial charge in [0.1, 0.15) is 22.4 Å². The van der Waals surface area contributed by atoms with Crippen molar-refractivity contribution >= 4 is 89.6 Å². The van der Waals surface area contributed by atoms with Gasteiger partial charge in [0.15, 0.2) is 0 Å². The van der Waals surface area contributed by atoms with Crippen LogP contribution in [0.5, 0.6) is 0 Å². The van der Waals surface area contributed by atoms with E-state index in [4.69, 9.17) is 11.6 Å². The number of benzene rings is 4. The zero-order chi connectivity index (χ0) is 64.2. The van der Waals surface area contributed by atoms with Gasteiger partial charge < -0.3 is 25.3 Å². The minimum absolute atomic E-state index is 0.0405. The number of piperidine rings is 2. The number of piperazine rings is 2. The van der Waals surface area contributed by atoms with Crippen molar-refractivity contribution in [1.29, 1.82) is 0 Å². The Morgan fingerprint density at radius 1 is 0.791 bits per heavy atom. The smallest absolute Gasteiger partial charge is 0.380 e. The minimum Gasteiger partial charge on any atom is -0.380 e. The first-order chi connectivity index (χ1) is 43.4. The second-order valence-corrected chi connectivity index (χ2v) is 30.7. The second-order valence-electron chi connectivity index (χ2n) is 25.6. The number of thioether (sulfide) groups is 1. The van der Waals surface area contributed by atoms with Gasteiger partial charge in [0.2, 0.25) is 11.8 Å². The number of nitrogens with one attached hydrogen (secondary N) is 4. The quantitative estimate of drug-likeness (QED) is 0.0422. The van der Waals surface area contributed by atoms with Crippen LogP contribution in [0, 0.1) is 11.3 Å². The van der Waals surface area contributed by atoms with Gasteiger partial charge in [0.25, 0.3) is 31.7 Å². The van der Waals surface area contributed by atoms with Crippen molar-refractivity contribution < 1.29 is 49.2 Å². The molecule has 18 nitrogen and oxygen atoms in total. The topological polar surface area (TPSA) is 214 Å². The highest BCUT2D eigenvalue weighted by Gasteiger charge is 2.49. The predicted octanol–water partition coefficient (Wildman–Crippen LogP) is 9.28. The largest absolute Gasteiger partial charge is 0.501 e. The molecular weight excluding hydrogens is 1250 g/mol. The number of imide groups is 1. The maximum atomic E-state index is 14.6. The highest BCUT2D eigenvalue weighted by molar-refractivity contribution is 7.99. The lowest BCUT2D eigenvalue weighted by Crippen LogP contribution is -2.55. The number of halogens is 4. The van der Waals surface area contributed by atoms with E-state index in [1.165, 1.54) is 28.5 Å². The van der Waals surface area contributed by atoms with Gasteiger partial charge in [-0.15, -0.1) is 11.8 Å². The molecule has 11 rings (SSSR count). The van der Waals surface area contributed by atoms with Gasteiger partial charge in [-0.1, -0.05) is 67.4 Å². The maximum Gasteiger partial charge on any atom is 0.501 e. The van der Waals surface area contributed by atoms with Crippen LogP contribution < -0.4 is 30.5 Å². The van der Waals surface area contributed by atoms with Gasteiger partial charge in [-0.25, -0.2) is 26.5 Å². The van der Waals surface area contributed by atoms with E-state index in [1.54, 1.807) is 24.3 Å². The van der Waals surface area contributed by atoms with Crippen molar-refractivity contribution in [2.75, 3.05) is 99.4 Å². The summed E-state index contributed by atoms with van der Waals surface area (Å²) in [6.45, 7) is 14.0. The van der Waals surface area contributed by atoms with Crippen molar-refractivity contribution in [2.24, 2.45) is 11.3 Å². The molecule has 0 spiro atoms. The number of likely N-dealkylation sites (tertiary alicyclic amines) is 1. The van der Waals surface area contributed by atoms with Crippen molar-refractivity contribution in [3.05, 3.63) is 142 Å². The first-order valence-corrected chi connectivity index (χ1v) is 35.6. The molecule has 1 aromatic heterocycles. The van der Waals surface area contributed by atoms with Crippen LogP contribution in [0.4, 0.5) is 30.4 Å². The van der Waals surface area contributed by atoms with E-state index in [-0.39, 0.29) is 41.5 Å². The Kier molecular flexibility index (Phi) is 20.3. The summed E-state index contributed by atoms with van der Waals surface area (Å²) in [5.41, 5.74) is 0.139. The van der Waals surface area contributed by atoms with Crippen molar-refractivity contribution in [1.82, 2.24) is 35.0 Å². The number of fused-ring (bicyclic) bond motifs is 3. The number of aromatic nitrogens is 1. The highest BCUT2D eigenvalue weighted by Crippen LogP contribution is 2.44. The number of sulfone groups is 1. The maximum absolute atomic E-state index is 14.6. The lowest BCUT2D eigenvalue weighted by Gasteiger charge is -2.47. The van der Waals surface area contributed by atoms with E-state index < -0.39 is 70.7 Å². The molecule has 0 saturated carbocycles. The Morgan fingerprint density at radius 3 is 2.27 bits per heavy atom. The number of nitrogens with zero attached hydrogens (tertiary/aromatic N) is 6. The minimum atomic E-state index is -6.13. The number of amides is 4. The molecule has 6 heterocycles. The summed E-state index contributed by atoms with van der Waals surface area (Å²) in [6.07, 6.45) is 7.21. The van der Waals surface area contributed by atoms with Crippen LogP contribution in [0.2, 0.25) is 5.02 Å². The third-order valence-electron chi connectivity index (χ3n) is 18.6. The summed E-state index contributed by atoms with van der Waals surface area (Å²) in [5.74, 6) is -0.973. The zero-order valence-electron chi connectivity index (χ0n) is 51.2. The molecule has 0 bridgehead atoms. The van der Waals surface area contributed by atoms with E-state index in [9.17, 15) is 49.2 Å². The summed E-state index contributed by atoms with van der Waals surface area (Å²) >= 11 is 7.71. The van der Waals surface area contributed by atoms with Gasteiger partial charge in [-0.3, -0.25) is 34.3 Å². The van der Waals surface area contributed by atoms with Crippen LogP contribution in [0.25, 0.3) is 5.57 Å². The molecule has 4 N–H and O–H groups in total. The molecule has 0 radical (unpaired) electrons. The first kappa shape index (κ1) is 65.9. The lowest BCUT2D eigenvalue weighted by molar-refractivity contribution is -0.134. The number of alkyl halides is 3. The third-order valence-corrected chi connectivity index (χ3v) is 22.9. The van der Waals surface area contributed by atoms with E-state index in [1.807, 2.05) is 59.3 Å². The van der Waals surface area contributed by atoms with Gasteiger partial charge in [0.05, 0.1) is 10.6 Å². The van der Waals surface area contributed by atoms with E-state index in [0.717, 1.165) is 126 Å². The number of hydrogen-bond acceptors (Lipinski definition) is 16. The number of sulfonamides is 1. The fourth-order valence-electron chi connectivity index (χ4n) is 13.5. The van der Waals surface area contributed by atoms with Gasteiger partial charge in [-0.05, 0) is 172 Å². The van der Waals surface area contributed by atoms with Gasteiger partial charge >= 0.3 is 5.51 Å². The SMILES string of the molecule is CC1(C)CCC(c2ccc(Cl)cc2)=C(CN2CCN3c4ccc(C(=O)NS(=O)(=O)c5ccc(N[C@H](CCN6CCC(CN7CCN(c8cccc(C(=O)NC9CCC(=O)NC9=O)n8)CC7)CC6)CSc6ccccc6)c(S(=O)(=O)C(F)(F)F)c5)cc4CCC3C2)C1. The monoisotopic (exact) mass is 1330 g/mol. The van der Waals surface area contributed by atoms with Crippen molar-refractivity contribution in [3.8, 4) is 0 Å². The molecule has 4 saturated heterocycles. The van der Waals surface area contributed by atoms with E-state index in [2.05, 4.69) is 71.4 Å². The van der Waals surface area contributed by atoms with Crippen LogP contribution in [-0.4, -0.2) is 168 Å². The summed E-state index contributed by atoms with van der Waals surface area (Å²) in [4.78, 5) is 65.8. The Labute approximate surface area is 540 Å². The number of carbonyl (C=O) groups is 4. The van der Waals surface area contributed by atoms with E-state index in [0.29, 0.717) is 61.1 Å². The normalized spacial score (nSPS) is 20.9. The zero-order valence-corrected chi connectivity index (χ0v) is 54.4. The molecule has 2 unspecified atom stereocenters. The van der Waals surface area contributed by atoms with Crippen LogP contribution in [0.15, 0.2) is 129 Å². The Morgan fingerprint density at radius 2 is 1.54 bits per heavy atom. The standard InChI is InChI=1S/C66H78ClF3N10O8S3/c1-65(2)27-23-54(45-11-15-49(67)16-12-45)48(39-65)41-78-33-36-80-51(42-78)17-13-46-37-47(14-21-58(46)80)62(82)75-91(87,88)53-18-19-55(59(38-53)90(85,86)66(68,69)70)71-50(43-89-52-7-4-3-5-8-52)26-30-76-28-24-44(25-29-76)40-77-31-34-79(35-32-77)60-10-6-9-56(72-60)63(83)73-57-20-22-61(81)74-64(57)84/h3-12,14-16,18-19,21,37-38,44,50-51,57,71H,13,17,20,22-36,39-43H2,1-2H3,(H,73,83)(H,75,82)(H,74,81,84)/t50-,51?,57?/m1/s1. The van der Waals surface area contributed by atoms with Gasteiger partial charge in [-0.2, -0.15) is 13.2 Å². The number of hydrogen-bond donors (Lipinski definition) is 4. The fourth-order valence-corrected chi connectivity index (χ4v) is 16.7. The van der Waals surface area contributed by atoms with Crippen LogP contribution in [0.1, 0.15) is 104 Å². The number of anilines is 3. The molecule has 25 heteroatoms. The molecular formula is C66H78ClF3N10O8S3. The summed E-state index contributed by atoms with van der Waals surface area (Å²) in [6, 6.07) is 29.1. The second kappa shape index (κ2) is 28.0. The average molecular weight is 1330 g/mol. The summed E-state index contributed by atoms with van der Waals surface area (Å²) < 4.78 is 101. The predicted molar refractivity (Wildman–Crippen MR) is 348 cm³/mol.